The number of H-pyrrole nitrogens is 1. The minimum Gasteiger partial charge on any atom is -0.425 e. The molecule has 4 rings (SSSR count). The van der Waals surface area contributed by atoms with E-state index in [0.717, 1.165) is 42.8 Å². The third-order valence-electron chi connectivity index (χ3n) is 5.54. The fraction of sp³-hybridized carbons (Fsp3) is 0.588. The molecular formula is C17H22N4O2. The summed E-state index contributed by atoms with van der Waals surface area (Å²) in [7, 11) is 0. The van der Waals surface area contributed by atoms with Crippen molar-refractivity contribution in [1.29, 1.82) is 0 Å². The summed E-state index contributed by atoms with van der Waals surface area (Å²) in [5, 5.41) is 8.46. The van der Waals surface area contributed by atoms with E-state index in [9.17, 15) is 4.79 Å². The maximum atomic E-state index is 12.8. The highest BCUT2D eigenvalue weighted by atomic mass is 16.4. The summed E-state index contributed by atoms with van der Waals surface area (Å²) in [4.78, 5) is 17.8. The first kappa shape index (κ1) is 14.5. The number of fused-ring (bicyclic) bond motifs is 1. The molecule has 2 aliphatic rings. The Morgan fingerprint density at radius 1 is 1.48 bits per heavy atom. The lowest BCUT2D eigenvalue weighted by atomic mass is 9.80. The fourth-order valence-corrected chi connectivity index (χ4v) is 4.23. The van der Waals surface area contributed by atoms with Crippen LogP contribution in [0, 0.1) is 12.8 Å². The van der Waals surface area contributed by atoms with E-state index in [1.807, 2.05) is 24.9 Å². The van der Waals surface area contributed by atoms with E-state index in [0.29, 0.717) is 18.4 Å². The molecule has 0 spiro atoms. The Balaban J connectivity index is 1.63. The van der Waals surface area contributed by atoms with Crippen molar-refractivity contribution in [3.63, 3.8) is 0 Å². The summed E-state index contributed by atoms with van der Waals surface area (Å²) in [5.41, 5.74) is 1.62. The van der Waals surface area contributed by atoms with Gasteiger partial charge in [-0.2, -0.15) is 0 Å². The summed E-state index contributed by atoms with van der Waals surface area (Å²) >= 11 is 0. The van der Waals surface area contributed by atoms with Crippen LogP contribution in [0.5, 0.6) is 0 Å². The smallest absolute Gasteiger partial charge is 0.255 e. The lowest BCUT2D eigenvalue weighted by Gasteiger charge is -2.24. The molecule has 2 fully saturated rings. The average Bonchev–Trinajstić information content (AvgIpc) is 3.28. The molecule has 122 valence electrons. The van der Waals surface area contributed by atoms with Crippen molar-refractivity contribution in [3.05, 3.63) is 35.3 Å². The molecule has 1 amide bonds. The van der Waals surface area contributed by atoms with Gasteiger partial charge in [0.25, 0.3) is 5.91 Å². The molecule has 2 aromatic rings. The number of likely N-dealkylation sites (tertiary alicyclic amines) is 1. The Bertz CT molecular complexity index is 735. The number of nitrogens with zero attached hydrogens (tertiary/aromatic N) is 3. The molecule has 6 nitrogen and oxygen atoms in total. The summed E-state index contributed by atoms with van der Waals surface area (Å²) in [6, 6.07) is 0. The first-order chi connectivity index (χ1) is 11.1. The zero-order valence-electron chi connectivity index (χ0n) is 13.6. The first-order valence-corrected chi connectivity index (χ1v) is 8.39. The van der Waals surface area contributed by atoms with E-state index >= 15 is 0 Å². The van der Waals surface area contributed by atoms with Crippen LogP contribution >= 0.6 is 0 Å². The van der Waals surface area contributed by atoms with E-state index in [1.165, 1.54) is 6.42 Å². The van der Waals surface area contributed by atoms with E-state index in [4.69, 9.17) is 4.42 Å². The second-order valence-corrected chi connectivity index (χ2v) is 6.84. The van der Waals surface area contributed by atoms with Gasteiger partial charge in [0.2, 0.25) is 11.8 Å². The Labute approximate surface area is 135 Å². The number of aromatic nitrogens is 3. The molecule has 23 heavy (non-hydrogen) atoms. The number of aryl methyl sites for hydroxylation is 2. The van der Waals surface area contributed by atoms with Gasteiger partial charge in [-0.15, -0.1) is 10.2 Å². The van der Waals surface area contributed by atoms with Crippen LogP contribution in [0.4, 0.5) is 0 Å². The van der Waals surface area contributed by atoms with E-state index < -0.39 is 0 Å². The van der Waals surface area contributed by atoms with Crippen LogP contribution in [0.15, 0.2) is 16.8 Å². The van der Waals surface area contributed by atoms with E-state index in [2.05, 4.69) is 15.2 Å². The van der Waals surface area contributed by atoms with Crippen LogP contribution in [0.1, 0.15) is 53.9 Å². The normalized spacial score (nSPS) is 26.7. The third kappa shape index (κ3) is 2.11. The van der Waals surface area contributed by atoms with Crippen molar-refractivity contribution in [2.75, 3.05) is 13.1 Å². The van der Waals surface area contributed by atoms with E-state index in [-0.39, 0.29) is 11.3 Å². The third-order valence-corrected chi connectivity index (χ3v) is 5.54. The average molecular weight is 314 g/mol. The lowest BCUT2D eigenvalue weighted by molar-refractivity contribution is 0.0775. The Hall–Kier alpha value is -2.11. The highest BCUT2D eigenvalue weighted by Crippen LogP contribution is 2.50. The molecule has 1 aliphatic carbocycles. The topological polar surface area (TPSA) is 75.0 Å². The highest BCUT2D eigenvalue weighted by Gasteiger charge is 2.55. The molecule has 0 unspecified atom stereocenters. The standard InChI is InChI=1S/C17H22N4O2/c1-3-14-19-20-16(23-14)17-6-4-5-12(17)9-21(10-17)15(22)13-8-18-7-11(13)2/h7-8,12,18H,3-6,9-10H2,1-2H3/t12-,17-/m0/s1. The number of aromatic amines is 1. The van der Waals surface area contributed by atoms with Gasteiger partial charge in [0.1, 0.15) is 0 Å². The quantitative estimate of drug-likeness (QED) is 0.944. The van der Waals surface area contributed by atoms with E-state index in [1.54, 1.807) is 6.20 Å². The molecule has 0 radical (unpaired) electrons. The number of hydrogen-bond acceptors (Lipinski definition) is 4. The minimum atomic E-state index is -0.139. The summed E-state index contributed by atoms with van der Waals surface area (Å²) in [6.07, 6.45) is 7.73. The monoisotopic (exact) mass is 314 g/mol. The number of hydrogen-bond donors (Lipinski definition) is 1. The van der Waals surface area contributed by atoms with Crippen molar-refractivity contribution < 1.29 is 9.21 Å². The number of nitrogens with one attached hydrogen (secondary N) is 1. The van der Waals surface area contributed by atoms with Crippen LogP contribution in [-0.4, -0.2) is 39.1 Å². The number of amides is 1. The maximum absolute atomic E-state index is 12.8. The van der Waals surface area contributed by atoms with Gasteiger partial charge < -0.3 is 14.3 Å². The molecule has 0 bridgehead atoms. The SMILES string of the molecule is CCc1nnc([C@]23CCC[C@H]2CN(C(=O)c2c[nH]cc2C)C3)o1. The van der Waals surface area contributed by atoms with Gasteiger partial charge in [-0.1, -0.05) is 13.3 Å². The van der Waals surface area contributed by atoms with Crippen LogP contribution in [0.2, 0.25) is 0 Å². The van der Waals surface area contributed by atoms with Crippen molar-refractivity contribution in [3.8, 4) is 0 Å². The first-order valence-electron chi connectivity index (χ1n) is 8.39. The summed E-state index contributed by atoms with van der Waals surface area (Å²) in [5.74, 6) is 1.95. The maximum Gasteiger partial charge on any atom is 0.255 e. The second kappa shape index (κ2) is 5.22. The Kier molecular flexibility index (Phi) is 3.28. The lowest BCUT2D eigenvalue weighted by Crippen LogP contribution is -2.35. The van der Waals surface area contributed by atoms with Crippen molar-refractivity contribution in [2.45, 2.75) is 44.9 Å². The molecule has 1 saturated carbocycles. The molecule has 1 aliphatic heterocycles. The molecule has 6 heteroatoms. The summed E-state index contributed by atoms with van der Waals surface area (Å²) < 4.78 is 5.90. The van der Waals surface area contributed by atoms with Gasteiger partial charge >= 0.3 is 0 Å². The van der Waals surface area contributed by atoms with Crippen LogP contribution in [-0.2, 0) is 11.8 Å². The molecule has 0 aromatic carbocycles. The molecule has 3 heterocycles. The zero-order valence-corrected chi connectivity index (χ0v) is 13.6. The van der Waals surface area contributed by atoms with Crippen LogP contribution in [0.25, 0.3) is 0 Å². The van der Waals surface area contributed by atoms with Gasteiger partial charge in [-0.25, -0.2) is 0 Å². The van der Waals surface area contributed by atoms with Gasteiger partial charge in [0, 0.05) is 31.9 Å². The molecule has 1 saturated heterocycles. The van der Waals surface area contributed by atoms with Crippen LogP contribution in [0.3, 0.4) is 0 Å². The zero-order chi connectivity index (χ0) is 16.0. The fourth-order valence-electron chi connectivity index (χ4n) is 4.23. The van der Waals surface area contributed by atoms with Crippen molar-refractivity contribution >= 4 is 5.91 Å². The van der Waals surface area contributed by atoms with Gasteiger partial charge in [0.05, 0.1) is 11.0 Å². The van der Waals surface area contributed by atoms with Gasteiger partial charge in [-0.3, -0.25) is 4.79 Å². The molecular weight excluding hydrogens is 292 g/mol. The number of rotatable bonds is 3. The Morgan fingerprint density at radius 3 is 3.04 bits per heavy atom. The highest BCUT2D eigenvalue weighted by molar-refractivity contribution is 5.95. The van der Waals surface area contributed by atoms with Gasteiger partial charge in [0.15, 0.2) is 0 Å². The Morgan fingerprint density at radius 2 is 2.35 bits per heavy atom. The van der Waals surface area contributed by atoms with Crippen LogP contribution < -0.4 is 0 Å². The predicted molar refractivity (Wildman–Crippen MR) is 84.1 cm³/mol. The summed E-state index contributed by atoms with van der Waals surface area (Å²) in [6.45, 7) is 5.45. The molecule has 2 atom stereocenters. The van der Waals surface area contributed by atoms with Crippen molar-refractivity contribution in [2.24, 2.45) is 5.92 Å². The van der Waals surface area contributed by atoms with Gasteiger partial charge in [-0.05, 0) is 31.2 Å². The predicted octanol–water partition coefficient (Wildman–Crippen LogP) is 2.46. The number of carbonyl (C=O) groups excluding carboxylic acids is 1. The minimum absolute atomic E-state index is 0.104. The molecule has 1 N–H and O–H groups in total. The number of carbonyl (C=O) groups is 1. The largest absolute Gasteiger partial charge is 0.425 e. The molecule has 2 aromatic heterocycles. The second-order valence-electron chi connectivity index (χ2n) is 6.84. The van der Waals surface area contributed by atoms with Crippen molar-refractivity contribution in [1.82, 2.24) is 20.1 Å².